The summed E-state index contributed by atoms with van der Waals surface area (Å²) in [5, 5.41) is -0.434. The smallest absolute Gasteiger partial charge is 0.294 e. The molecular weight excluding hydrogens is 544 g/mol. The Morgan fingerprint density at radius 1 is 1.06 bits per heavy atom. The van der Waals surface area contributed by atoms with Crippen molar-refractivity contribution in [1.29, 1.82) is 0 Å². The maximum Gasteiger partial charge on any atom is 0.294 e. The lowest BCUT2D eigenvalue weighted by Crippen LogP contribution is -2.44. The fourth-order valence-corrected chi connectivity index (χ4v) is 5.31. The van der Waals surface area contributed by atoms with E-state index in [1.807, 2.05) is 38.1 Å². The third kappa shape index (κ3) is 6.31. The second-order valence-corrected chi connectivity index (χ2v) is 10.6. The summed E-state index contributed by atoms with van der Waals surface area (Å²) in [7, 11) is 0. The van der Waals surface area contributed by atoms with E-state index in [0.29, 0.717) is 47.8 Å². The van der Waals surface area contributed by atoms with Crippen molar-refractivity contribution >= 4 is 50.8 Å². The van der Waals surface area contributed by atoms with Gasteiger partial charge < -0.3 is 14.4 Å². The van der Waals surface area contributed by atoms with Crippen molar-refractivity contribution in [3.8, 4) is 11.5 Å². The van der Waals surface area contributed by atoms with E-state index in [2.05, 4.69) is 15.9 Å². The summed E-state index contributed by atoms with van der Waals surface area (Å²) in [5.41, 5.74) is 2.89. The lowest BCUT2D eigenvalue weighted by atomic mass is 10.1. The molecule has 0 bridgehead atoms. The molecule has 2 heterocycles. The second-order valence-electron chi connectivity index (χ2n) is 8.74. The number of piperidine rings is 1. The van der Waals surface area contributed by atoms with Crippen LogP contribution in [0.15, 0.2) is 45.8 Å². The van der Waals surface area contributed by atoms with Crippen molar-refractivity contribution in [2.45, 2.75) is 39.7 Å². The number of nitrogens with zero attached hydrogens (tertiary/aromatic N) is 2. The molecule has 2 aromatic rings. The lowest BCUT2D eigenvalue weighted by molar-refractivity contribution is -0.136. The highest BCUT2D eigenvalue weighted by molar-refractivity contribution is 9.10. The van der Waals surface area contributed by atoms with E-state index in [0.717, 1.165) is 41.5 Å². The molecule has 0 radical (unpaired) electrons. The highest BCUT2D eigenvalue weighted by Crippen LogP contribution is 2.38. The van der Waals surface area contributed by atoms with Gasteiger partial charge in [0.15, 0.2) is 11.5 Å². The van der Waals surface area contributed by atoms with Crippen LogP contribution < -0.4 is 9.47 Å². The average molecular weight is 574 g/mol. The van der Waals surface area contributed by atoms with E-state index in [1.54, 1.807) is 23.1 Å². The first-order chi connectivity index (χ1) is 17.4. The second kappa shape index (κ2) is 12.0. The van der Waals surface area contributed by atoms with Crippen LogP contribution in [0.25, 0.3) is 6.08 Å². The van der Waals surface area contributed by atoms with Gasteiger partial charge >= 0.3 is 0 Å². The Balaban J connectivity index is 1.50. The maximum absolute atomic E-state index is 13.0. The molecule has 2 aliphatic rings. The lowest BCUT2D eigenvalue weighted by Gasteiger charge is -2.27. The summed E-state index contributed by atoms with van der Waals surface area (Å²) in [6, 6.07) is 11.7. The topological polar surface area (TPSA) is 76.2 Å². The minimum atomic E-state index is -0.458. The molecule has 4 rings (SSSR count). The Bertz CT molecular complexity index is 1180. The quantitative estimate of drug-likeness (QED) is 0.373. The van der Waals surface area contributed by atoms with Gasteiger partial charge in [0.05, 0.1) is 11.5 Å². The molecule has 2 aromatic carbocycles. The number of hydrogen-bond donors (Lipinski definition) is 0. The van der Waals surface area contributed by atoms with E-state index in [4.69, 9.17) is 9.47 Å². The van der Waals surface area contributed by atoms with Gasteiger partial charge in [0.2, 0.25) is 5.91 Å². The van der Waals surface area contributed by atoms with Crippen molar-refractivity contribution < 1.29 is 23.9 Å². The molecule has 0 saturated carbocycles. The standard InChI is InChI=1S/C27H29BrN2O5S/c1-3-34-22-13-20(21(28)15-23(22)35-17-19-9-7-18(2)8-10-19)14-24-26(32)30(27(33)36-24)16-25(31)29-11-5-4-6-12-29/h7-10,13-15H,3-6,11-12,16-17H2,1-2H3/b24-14-. The normalized spacial score (nSPS) is 17.1. The van der Waals surface area contributed by atoms with Crippen LogP contribution >= 0.6 is 27.7 Å². The number of benzene rings is 2. The number of rotatable bonds is 8. The molecule has 0 aliphatic carbocycles. The number of carbonyl (C=O) groups excluding carboxylic acids is 3. The van der Waals surface area contributed by atoms with Crippen molar-refractivity contribution in [2.75, 3.05) is 26.2 Å². The number of ether oxygens (including phenoxy) is 2. The van der Waals surface area contributed by atoms with Gasteiger partial charge in [-0.15, -0.1) is 0 Å². The highest BCUT2D eigenvalue weighted by Gasteiger charge is 2.37. The monoisotopic (exact) mass is 572 g/mol. The number of amides is 3. The molecule has 7 nitrogen and oxygen atoms in total. The number of likely N-dealkylation sites (tertiary alicyclic amines) is 1. The molecule has 2 aliphatic heterocycles. The van der Waals surface area contributed by atoms with E-state index in [-0.39, 0.29) is 17.4 Å². The van der Waals surface area contributed by atoms with Crippen LogP contribution in [-0.4, -0.2) is 53.1 Å². The molecule has 0 spiro atoms. The summed E-state index contributed by atoms with van der Waals surface area (Å²) < 4.78 is 12.5. The van der Waals surface area contributed by atoms with Gasteiger partial charge in [0, 0.05) is 17.6 Å². The van der Waals surface area contributed by atoms with Gasteiger partial charge in [-0.05, 0) is 74.2 Å². The van der Waals surface area contributed by atoms with Crippen LogP contribution in [-0.2, 0) is 16.2 Å². The first kappa shape index (κ1) is 26.3. The molecular formula is C27H29BrN2O5S. The SMILES string of the molecule is CCOc1cc(/C=C2\SC(=O)N(CC(=O)N3CCCCC3)C2=O)c(Br)cc1OCc1ccc(C)cc1. The Morgan fingerprint density at radius 2 is 1.75 bits per heavy atom. The minimum absolute atomic E-state index is 0.187. The van der Waals surface area contributed by atoms with Crippen molar-refractivity contribution in [2.24, 2.45) is 0 Å². The zero-order valence-corrected chi connectivity index (χ0v) is 22.8. The number of aryl methyl sites for hydroxylation is 1. The van der Waals surface area contributed by atoms with Gasteiger partial charge in [-0.3, -0.25) is 19.3 Å². The zero-order chi connectivity index (χ0) is 25.7. The number of thioether (sulfide) groups is 1. The number of halogens is 1. The molecule has 0 N–H and O–H groups in total. The van der Waals surface area contributed by atoms with Gasteiger partial charge in [-0.25, -0.2) is 0 Å². The van der Waals surface area contributed by atoms with E-state index < -0.39 is 11.1 Å². The molecule has 9 heteroatoms. The van der Waals surface area contributed by atoms with Crippen LogP contribution in [0.4, 0.5) is 4.79 Å². The fourth-order valence-electron chi connectivity index (χ4n) is 4.04. The molecule has 2 fully saturated rings. The van der Waals surface area contributed by atoms with Gasteiger partial charge in [-0.2, -0.15) is 0 Å². The maximum atomic E-state index is 13.0. The van der Waals surface area contributed by atoms with Crippen LogP contribution in [0.2, 0.25) is 0 Å². The third-order valence-corrected chi connectivity index (χ3v) is 7.63. The predicted octanol–water partition coefficient (Wildman–Crippen LogP) is 5.78. The summed E-state index contributed by atoms with van der Waals surface area (Å²) in [6.45, 7) is 5.88. The van der Waals surface area contributed by atoms with Crippen molar-refractivity contribution in [1.82, 2.24) is 9.80 Å². The van der Waals surface area contributed by atoms with Crippen LogP contribution in [0.3, 0.4) is 0 Å². The summed E-state index contributed by atoms with van der Waals surface area (Å²) in [5.74, 6) is 0.466. The number of imide groups is 1. The van der Waals surface area contributed by atoms with E-state index >= 15 is 0 Å². The van der Waals surface area contributed by atoms with E-state index in [1.165, 1.54) is 5.56 Å². The molecule has 3 amide bonds. The Labute approximate surface area is 223 Å². The fraction of sp³-hybridized carbons (Fsp3) is 0.370. The van der Waals surface area contributed by atoms with Gasteiger partial charge in [0.1, 0.15) is 13.2 Å². The predicted molar refractivity (Wildman–Crippen MR) is 144 cm³/mol. The molecule has 190 valence electrons. The third-order valence-electron chi connectivity index (χ3n) is 6.04. The molecule has 36 heavy (non-hydrogen) atoms. The van der Waals surface area contributed by atoms with Crippen LogP contribution in [0, 0.1) is 6.92 Å². The van der Waals surface area contributed by atoms with Crippen LogP contribution in [0.1, 0.15) is 42.9 Å². The van der Waals surface area contributed by atoms with Crippen LogP contribution in [0.5, 0.6) is 11.5 Å². The summed E-state index contributed by atoms with van der Waals surface area (Å²) >= 11 is 4.40. The Kier molecular flexibility index (Phi) is 8.74. The average Bonchev–Trinajstić information content (AvgIpc) is 3.13. The van der Waals surface area contributed by atoms with Gasteiger partial charge in [0.25, 0.3) is 11.1 Å². The highest BCUT2D eigenvalue weighted by atomic mass is 79.9. The van der Waals surface area contributed by atoms with Crippen molar-refractivity contribution in [3.05, 3.63) is 62.5 Å². The Hall–Kier alpha value is -2.78. The summed E-state index contributed by atoms with van der Waals surface area (Å²) in [6.07, 6.45) is 4.65. The summed E-state index contributed by atoms with van der Waals surface area (Å²) in [4.78, 5) is 41.2. The number of hydrogen-bond acceptors (Lipinski definition) is 6. The first-order valence-electron chi connectivity index (χ1n) is 12.0. The largest absolute Gasteiger partial charge is 0.490 e. The van der Waals surface area contributed by atoms with E-state index in [9.17, 15) is 14.4 Å². The van der Waals surface area contributed by atoms with Crippen molar-refractivity contribution in [3.63, 3.8) is 0 Å². The first-order valence-corrected chi connectivity index (χ1v) is 13.6. The minimum Gasteiger partial charge on any atom is -0.490 e. The Morgan fingerprint density at radius 3 is 2.44 bits per heavy atom. The molecule has 2 saturated heterocycles. The molecule has 0 atom stereocenters. The molecule has 0 unspecified atom stereocenters. The number of carbonyl (C=O) groups is 3. The van der Waals surface area contributed by atoms with Gasteiger partial charge in [-0.1, -0.05) is 45.8 Å². The zero-order valence-electron chi connectivity index (χ0n) is 20.4. The molecule has 0 aromatic heterocycles.